The van der Waals surface area contributed by atoms with Gasteiger partial charge in [-0.25, -0.2) is 0 Å². The molecule has 5 heteroatoms. The zero-order valence-electron chi connectivity index (χ0n) is 12.9. The maximum absolute atomic E-state index is 11.9. The predicted molar refractivity (Wildman–Crippen MR) is 92.6 cm³/mol. The minimum Gasteiger partial charge on any atom is -0.348 e. The highest BCUT2D eigenvalue weighted by molar-refractivity contribution is 6.40. The zero-order valence-corrected chi connectivity index (χ0v) is 13.7. The van der Waals surface area contributed by atoms with Crippen molar-refractivity contribution in [2.24, 2.45) is 0 Å². The number of rotatable bonds is 5. The van der Waals surface area contributed by atoms with Gasteiger partial charge in [0.25, 0.3) is 0 Å². The van der Waals surface area contributed by atoms with E-state index in [2.05, 4.69) is 10.6 Å². The van der Waals surface area contributed by atoms with E-state index in [4.69, 9.17) is 11.6 Å². The van der Waals surface area contributed by atoms with E-state index >= 15 is 0 Å². The second-order valence-corrected chi connectivity index (χ2v) is 5.69. The number of hydrogen-bond acceptors (Lipinski definition) is 2. The molecule has 0 bridgehead atoms. The largest absolute Gasteiger partial charge is 0.348 e. The van der Waals surface area contributed by atoms with Gasteiger partial charge in [0.1, 0.15) is 0 Å². The van der Waals surface area contributed by atoms with E-state index in [-0.39, 0.29) is 0 Å². The molecule has 0 radical (unpaired) electrons. The predicted octanol–water partition coefficient (Wildman–Crippen LogP) is 3.34. The Kier molecular flexibility index (Phi) is 6.18. The van der Waals surface area contributed by atoms with Crippen LogP contribution in [-0.2, 0) is 16.0 Å². The number of amides is 2. The topological polar surface area (TPSA) is 58.2 Å². The number of hydrogen-bond donors (Lipinski definition) is 2. The van der Waals surface area contributed by atoms with E-state index < -0.39 is 11.8 Å². The van der Waals surface area contributed by atoms with Gasteiger partial charge in [-0.15, -0.1) is 0 Å². The summed E-state index contributed by atoms with van der Waals surface area (Å²) in [6, 6.07) is 15.1. The maximum atomic E-state index is 11.9. The summed E-state index contributed by atoms with van der Waals surface area (Å²) in [7, 11) is 0. The van der Waals surface area contributed by atoms with E-state index in [0.29, 0.717) is 17.3 Å². The Hall–Kier alpha value is -2.33. The lowest BCUT2D eigenvalue weighted by Crippen LogP contribution is -2.36. The highest BCUT2D eigenvalue weighted by atomic mass is 35.5. The lowest BCUT2D eigenvalue weighted by atomic mass is 10.1. The monoisotopic (exact) mass is 330 g/mol. The molecule has 0 saturated heterocycles. The molecule has 0 spiro atoms. The number of carbonyl (C=O) groups excluding carboxylic acids is 2. The van der Waals surface area contributed by atoms with Crippen molar-refractivity contribution in [3.8, 4) is 0 Å². The van der Waals surface area contributed by atoms with Gasteiger partial charge in [-0.05, 0) is 43.0 Å². The summed E-state index contributed by atoms with van der Waals surface area (Å²) in [6.45, 7) is 2.29. The van der Waals surface area contributed by atoms with Gasteiger partial charge < -0.3 is 10.6 Å². The molecule has 0 atom stereocenters. The standard InChI is InChI=1S/C18H19ClN2O2/c1-13-9-10-15(19)12-16(13)21-18(23)17(22)20-11-5-8-14-6-3-2-4-7-14/h2-4,6-7,9-10,12H,5,8,11H2,1H3,(H,20,22)(H,21,23). The Bertz CT molecular complexity index is 687. The smallest absolute Gasteiger partial charge is 0.313 e. The molecule has 0 aromatic heterocycles. The zero-order chi connectivity index (χ0) is 16.7. The molecule has 0 aliphatic carbocycles. The van der Waals surface area contributed by atoms with Gasteiger partial charge in [-0.2, -0.15) is 0 Å². The lowest BCUT2D eigenvalue weighted by Gasteiger charge is -2.09. The fourth-order valence-corrected chi connectivity index (χ4v) is 2.30. The third-order valence-corrected chi connectivity index (χ3v) is 3.66. The van der Waals surface area contributed by atoms with E-state index in [9.17, 15) is 9.59 Å². The molecule has 0 heterocycles. The molecule has 2 amide bonds. The van der Waals surface area contributed by atoms with Crippen LogP contribution in [-0.4, -0.2) is 18.4 Å². The molecule has 2 rings (SSSR count). The van der Waals surface area contributed by atoms with Crippen LogP contribution in [0, 0.1) is 6.92 Å². The maximum Gasteiger partial charge on any atom is 0.313 e. The number of carbonyl (C=O) groups is 2. The van der Waals surface area contributed by atoms with Gasteiger partial charge in [0.15, 0.2) is 0 Å². The second kappa shape index (κ2) is 8.34. The quantitative estimate of drug-likeness (QED) is 0.652. The number of anilines is 1. The Labute approximate surface area is 140 Å². The molecule has 0 saturated carbocycles. The molecule has 2 N–H and O–H groups in total. The van der Waals surface area contributed by atoms with Gasteiger partial charge in [0.05, 0.1) is 0 Å². The summed E-state index contributed by atoms with van der Waals surface area (Å²) < 4.78 is 0. The van der Waals surface area contributed by atoms with E-state index in [1.165, 1.54) is 5.56 Å². The van der Waals surface area contributed by atoms with Gasteiger partial charge >= 0.3 is 11.8 Å². The molecule has 23 heavy (non-hydrogen) atoms. The first-order valence-corrected chi connectivity index (χ1v) is 7.83. The summed E-state index contributed by atoms with van der Waals surface area (Å²) in [4.78, 5) is 23.7. The summed E-state index contributed by atoms with van der Waals surface area (Å²) in [5.74, 6) is -1.33. The number of halogens is 1. The van der Waals surface area contributed by atoms with E-state index in [0.717, 1.165) is 18.4 Å². The van der Waals surface area contributed by atoms with Gasteiger partial charge in [0, 0.05) is 17.3 Å². The van der Waals surface area contributed by atoms with Crippen LogP contribution in [0.3, 0.4) is 0 Å². The molecule has 0 aliphatic rings. The van der Waals surface area contributed by atoms with Crippen molar-refractivity contribution in [2.75, 3.05) is 11.9 Å². The van der Waals surface area contributed by atoms with Crippen molar-refractivity contribution in [3.05, 3.63) is 64.7 Å². The fraction of sp³-hybridized carbons (Fsp3) is 0.222. The normalized spacial score (nSPS) is 10.2. The van der Waals surface area contributed by atoms with Crippen molar-refractivity contribution >= 4 is 29.1 Å². The van der Waals surface area contributed by atoms with Crippen LogP contribution in [0.1, 0.15) is 17.5 Å². The Morgan fingerprint density at radius 3 is 2.52 bits per heavy atom. The first-order chi connectivity index (χ1) is 11.1. The van der Waals surface area contributed by atoms with E-state index in [1.54, 1.807) is 18.2 Å². The van der Waals surface area contributed by atoms with E-state index in [1.807, 2.05) is 37.3 Å². The molecule has 2 aromatic rings. The van der Waals surface area contributed by atoms with Crippen LogP contribution in [0.25, 0.3) is 0 Å². The number of aryl methyl sites for hydroxylation is 2. The van der Waals surface area contributed by atoms with Crippen molar-refractivity contribution in [3.63, 3.8) is 0 Å². The summed E-state index contributed by atoms with van der Waals surface area (Å²) in [5.41, 5.74) is 2.60. The molecule has 0 unspecified atom stereocenters. The van der Waals surface area contributed by atoms with Crippen molar-refractivity contribution in [1.82, 2.24) is 5.32 Å². The highest BCUT2D eigenvalue weighted by Crippen LogP contribution is 2.19. The Balaban J connectivity index is 1.77. The molecule has 0 fully saturated rings. The molecule has 4 nitrogen and oxygen atoms in total. The van der Waals surface area contributed by atoms with Crippen LogP contribution in [0.5, 0.6) is 0 Å². The van der Waals surface area contributed by atoms with Gasteiger partial charge in [-0.3, -0.25) is 9.59 Å². The molecule has 120 valence electrons. The fourth-order valence-electron chi connectivity index (χ4n) is 2.13. The van der Waals surface area contributed by atoms with Crippen molar-refractivity contribution in [1.29, 1.82) is 0 Å². The van der Waals surface area contributed by atoms with Crippen LogP contribution >= 0.6 is 11.6 Å². The average Bonchev–Trinajstić information content (AvgIpc) is 2.55. The molecular formula is C18H19ClN2O2. The SMILES string of the molecule is Cc1ccc(Cl)cc1NC(=O)C(=O)NCCCc1ccccc1. The van der Waals surface area contributed by atoms with Gasteiger partial charge in [-0.1, -0.05) is 48.0 Å². The molecule has 0 aliphatic heterocycles. The third-order valence-electron chi connectivity index (χ3n) is 3.42. The number of benzene rings is 2. The Morgan fingerprint density at radius 1 is 1.04 bits per heavy atom. The van der Waals surface area contributed by atoms with Crippen molar-refractivity contribution in [2.45, 2.75) is 19.8 Å². The summed E-state index contributed by atoms with van der Waals surface area (Å²) >= 11 is 5.89. The van der Waals surface area contributed by atoms with Crippen LogP contribution in [0.15, 0.2) is 48.5 Å². The first-order valence-electron chi connectivity index (χ1n) is 7.45. The van der Waals surface area contributed by atoms with Crippen LogP contribution in [0.2, 0.25) is 5.02 Å². The van der Waals surface area contributed by atoms with Crippen LogP contribution in [0.4, 0.5) is 5.69 Å². The second-order valence-electron chi connectivity index (χ2n) is 5.26. The average molecular weight is 331 g/mol. The lowest BCUT2D eigenvalue weighted by molar-refractivity contribution is -0.136. The summed E-state index contributed by atoms with van der Waals surface area (Å²) in [5, 5.41) is 5.71. The minimum atomic E-state index is -0.685. The van der Waals surface area contributed by atoms with Crippen LogP contribution < -0.4 is 10.6 Å². The van der Waals surface area contributed by atoms with Crippen molar-refractivity contribution < 1.29 is 9.59 Å². The molecule has 2 aromatic carbocycles. The minimum absolute atomic E-state index is 0.454. The Morgan fingerprint density at radius 2 is 1.78 bits per heavy atom. The highest BCUT2D eigenvalue weighted by Gasteiger charge is 2.14. The first kappa shape index (κ1) is 17.0. The third kappa shape index (κ3) is 5.42. The summed E-state index contributed by atoms with van der Waals surface area (Å²) in [6.07, 6.45) is 1.63. The number of nitrogens with one attached hydrogen (secondary N) is 2. The molecular weight excluding hydrogens is 312 g/mol. The van der Waals surface area contributed by atoms with Gasteiger partial charge in [0.2, 0.25) is 0 Å².